The molecule has 1 aliphatic carbocycles. The third-order valence-electron chi connectivity index (χ3n) is 4.71. The van der Waals surface area contributed by atoms with Crippen LogP contribution >= 0.6 is 0 Å². The Balaban J connectivity index is 1.42. The molecule has 1 aromatic heterocycles. The van der Waals surface area contributed by atoms with Crippen LogP contribution in [0.25, 0.3) is 0 Å². The number of carbonyl (C=O) groups excluding carboxylic acids is 2. The first-order valence-electron chi connectivity index (χ1n) is 9.16. The first-order valence-corrected chi connectivity index (χ1v) is 9.16. The second kappa shape index (κ2) is 7.84. The predicted octanol–water partition coefficient (Wildman–Crippen LogP) is 1.64. The number of aromatic nitrogens is 2. The Kier molecular flexibility index (Phi) is 5.55. The molecule has 1 atom stereocenters. The summed E-state index contributed by atoms with van der Waals surface area (Å²) < 4.78 is 5.17. The van der Waals surface area contributed by atoms with Crippen molar-refractivity contribution in [2.75, 3.05) is 19.6 Å². The third kappa shape index (κ3) is 4.93. The van der Waals surface area contributed by atoms with Crippen molar-refractivity contribution in [3.8, 4) is 0 Å². The van der Waals surface area contributed by atoms with E-state index in [1.807, 2.05) is 13.8 Å². The van der Waals surface area contributed by atoms with Crippen LogP contribution in [-0.2, 0) is 11.3 Å². The number of nitrogens with one attached hydrogen (secondary N) is 2. The summed E-state index contributed by atoms with van der Waals surface area (Å²) in [5.74, 6) is 1.99. The number of nitrogens with zero attached hydrogens (tertiary/aromatic N) is 3. The molecule has 8 nitrogen and oxygen atoms in total. The molecular weight excluding hydrogens is 322 g/mol. The van der Waals surface area contributed by atoms with Gasteiger partial charge in [0.25, 0.3) is 0 Å². The second-order valence-electron chi connectivity index (χ2n) is 7.33. The highest BCUT2D eigenvalue weighted by atomic mass is 16.5. The van der Waals surface area contributed by atoms with Crippen LogP contribution in [0.4, 0.5) is 4.79 Å². The van der Waals surface area contributed by atoms with Gasteiger partial charge in [-0.2, -0.15) is 4.98 Å². The molecule has 2 aliphatic rings. The van der Waals surface area contributed by atoms with Gasteiger partial charge in [-0.05, 0) is 31.6 Å². The fraction of sp³-hybridized carbons (Fsp3) is 0.765. The Bertz CT molecular complexity index is 611. The van der Waals surface area contributed by atoms with Crippen LogP contribution in [0.2, 0.25) is 0 Å². The van der Waals surface area contributed by atoms with E-state index in [1.54, 1.807) is 4.90 Å². The minimum Gasteiger partial charge on any atom is -0.356 e. The number of hydrogen-bond donors (Lipinski definition) is 2. The molecule has 2 heterocycles. The molecule has 0 spiro atoms. The average molecular weight is 349 g/mol. The molecule has 0 bridgehead atoms. The number of piperidine rings is 1. The summed E-state index contributed by atoms with van der Waals surface area (Å²) in [4.78, 5) is 30.2. The lowest BCUT2D eigenvalue weighted by atomic mass is 9.98. The molecule has 3 rings (SSSR count). The molecule has 0 aromatic carbocycles. The van der Waals surface area contributed by atoms with Crippen LogP contribution in [0, 0.1) is 11.8 Å². The van der Waals surface area contributed by atoms with Crippen molar-refractivity contribution < 1.29 is 14.1 Å². The number of amides is 3. The van der Waals surface area contributed by atoms with Crippen molar-refractivity contribution in [3.63, 3.8) is 0 Å². The number of urea groups is 1. The van der Waals surface area contributed by atoms with Crippen molar-refractivity contribution in [2.45, 2.75) is 52.0 Å². The summed E-state index contributed by atoms with van der Waals surface area (Å²) in [5.41, 5.74) is 0. The molecule has 2 N–H and O–H groups in total. The van der Waals surface area contributed by atoms with Crippen molar-refractivity contribution in [1.29, 1.82) is 0 Å². The quantitative estimate of drug-likeness (QED) is 0.813. The SMILES string of the molecule is CC(C)C(=O)NC[C@@H]1CCCN(C(=O)NCc2nc(C3CC3)no2)C1. The maximum atomic E-state index is 12.4. The van der Waals surface area contributed by atoms with Gasteiger partial charge in [-0.15, -0.1) is 0 Å². The van der Waals surface area contributed by atoms with Gasteiger partial charge in [0.05, 0.1) is 6.54 Å². The summed E-state index contributed by atoms with van der Waals surface area (Å²) >= 11 is 0. The molecule has 8 heteroatoms. The number of hydrogen-bond acceptors (Lipinski definition) is 5. The average Bonchev–Trinajstić information content (AvgIpc) is 3.36. The summed E-state index contributed by atoms with van der Waals surface area (Å²) in [6.45, 7) is 6.02. The van der Waals surface area contributed by atoms with E-state index in [1.165, 1.54) is 0 Å². The van der Waals surface area contributed by atoms with Crippen molar-refractivity contribution >= 4 is 11.9 Å². The van der Waals surface area contributed by atoms with E-state index in [0.29, 0.717) is 30.8 Å². The largest absolute Gasteiger partial charge is 0.356 e. The zero-order valence-corrected chi connectivity index (χ0v) is 15.0. The van der Waals surface area contributed by atoms with Crippen LogP contribution in [0.5, 0.6) is 0 Å². The molecule has 1 aliphatic heterocycles. The molecule has 0 radical (unpaired) electrons. The predicted molar refractivity (Wildman–Crippen MR) is 90.7 cm³/mol. The molecule has 2 fully saturated rings. The van der Waals surface area contributed by atoms with E-state index in [2.05, 4.69) is 20.8 Å². The third-order valence-corrected chi connectivity index (χ3v) is 4.71. The standard InChI is InChI=1S/C17H27N5O3/c1-11(2)16(23)18-8-12-4-3-7-22(10-12)17(24)19-9-14-20-15(21-25-14)13-5-6-13/h11-13H,3-10H2,1-2H3,(H,18,23)(H,19,24)/t12-/m0/s1. The molecule has 1 aromatic rings. The van der Waals surface area contributed by atoms with Gasteiger partial charge in [-0.3, -0.25) is 4.79 Å². The smallest absolute Gasteiger partial charge is 0.317 e. The van der Waals surface area contributed by atoms with E-state index < -0.39 is 0 Å². The highest BCUT2D eigenvalue weighted by Gasteiger charge is 2.29. The summed E-state index contributed by atoms with van der Waals surface area (Å²) in [6, 6.07) is -0.119. The van der Waals surface area contributed by atoms with Gasteiger partial charge < -0.3 is 20.1 Å². The lowest BCUT2D eigenvalue weighted by Crippen LogP contribution is -2.47. The molecular formula is C17H27N5O3. The molecule has 1 saturated carbocycles. The molecule has 138 valence electrons. The number of rotatable bonds is 6. The number of likely N-dealkylation sites (tertiary alicyclic amines) is 1. The minimum absolute atomic E-state index is 0.0158. The van der Waals surface area contributed by atoms with Crippen LogP contribution in [-0.4, -0.2) is 46.6 Å². The maximum absolute atomic E-state index is 12.4. The fourth-order valence-corrected chi connectivity index (χ4v) is 2.98. The zero-order chi connectivity index (χ0) is 17.8. The van der Waals surface area contributed by atoms with Crippen molar-refractivity contribution in [2.24, 2.45) is 11.8 Å². The molecule has 0 unspecified atom stereocenters. The lowest BCUT2D eigenvalue weighted by molar-refractivity contribution is -0.124. The van der Waals surface area contributed by atoms with Crippen LogP contribution in [0.3, 0.4) is 0 Å². The van der Waals surface area contributed by atoms with Crippen molar-refractivity contribution in [3.05, 3.63) is 11.7 Å². The van der Waals surface area contributed by atoms with Gasteiger partial charge in [-0.25, -0.2) is 4.79 Å². The summed E-state index contributed by atoms with van der Waals surface area (Å²) in [7, 11) is 0. The van der Waals surface area contributed by atoms with E-state index in [9.17, 15) is 9.59 Å². The lowest BCUT2D eigenvalue weighted by Gasteiger charge is -2.32. The Labute approximate surface area is 147 Å². The van der Waals surface area contributed by atoms with E-state index in [-0.39, 0.29) is 24.4 Å². The first-order chi connectivity index (χ1) is 12.0. The molecule has 25 heavy (non-hydrogen) atoms. The van der Waals surface area contributed by atoms with Crippen molar-refractivity contribution in [1.82, 2.24) is 25.7 Å². The monoisotopic (exact) mass is 349 g/mol. The normalized spacial score (nSPS) is 20.6. The van der Waals surface area contributed by atoms with Gasteiger partial charge in [0.1, 0.15) is 0 Å². The fourth-order valence-electron chi connectivity index (χ4n) is 2.98. The number of carbonyl (C=O) groups is 2. The Morgan fingerprint density at radius 2 is 2.08 bits per heavy atom. The van der Waals surface area contributed by atoms with E-state index in [0.717, 1.165) is 38.1 Å². The van der Waals surface area contributed by atoms with Crippen LogP contribution in [0.1, 0.15) is 57.2 Å². The zero-order valence-electron chi connectivity index (χ0n) is 15.0. The highest BCUT2D eigenvalue weighted by Crippen LogP contribution is 2.38. The second-order valence-corrected chi connectivity index (χ2v) is 7.33. The summed E-state index contributed by atoms with van der Waals surface area (Å²) in [6.07, 6.45) is 4.21. The van der Waals surface area contributed by atoms with E-state index >= 15 is 0 Å². The van der Waals surface area contributed by atoms with Gasteiger partial charge in [0.2, 0.25) is 11.8 Å². The van der Waals surface area contributed by atoms with Crippen LogP contribution < -0.4 is 10.6 Å². The van der Waals surface area contributed by atoms with Gasteiger partial charge >= 0.3 is 6.03 Å². The Hall–Kier alpha value is -2.12. The van der Waals surface area contributed by atoms with Gasteiger partial charge in [0.15, 0.2) is 5.82 Å². The highest BCUT2D eigenvalue weighted by molar-refractivity contribution is 5.77. The van der Waals surface area contributed by atoms with Crippen LogP contribution in [0.15, 0.2) is 4.52 Å². The minimum atomic E-state index is -0.119. The summed E-state index contributed by atoms with van der Waals surface area (Å²) in [5, 5.41) is 9.75. The first kappa shape index (κ1) is 17.7. The molecule has 1 saturated heterocycles. The van der Waals surface area contributed by atoms with Gasteiger partial charge in [0, 0.05) is 31.5 Å². The topological polar surface area (TPSA) is 100 Å². The Morgan fingerprint density at radius 1 is 1.28 bits per heavy atom. The maximum Gasteiger partial charge on any atom is 0.317 e. The van der Waals surface area contributed by atoms with E-state index in [4.69, 9.17) is 4.52 Å². The van der Waals surface area contributed by atoms with Gasteiger partial charge in [-0.1, -0.05) is 19.0 Å². The Morgan fingerprint density at radius 3 is 2.80 bits per heavy atom. The molecule has 3 amide bonds.